The van der Waals surface area contributed by atoms with Crippen molar-refractivity contribution >= 4 is 16.6 Å². The molecule has 4 nitrogen and oxygen atoms in total. The van der Waals surface area contributed by atoms with Crippen molar-refractivity contribution in [2.45, 2.75) is 6.42 Å². The molecule has 0 saturated carbocycles. The monoisotopic (exact) mass is 239 g/mol. The first-order chi connectivity index (χ1) is 7.81. The lowest BCUT2D eigenvalue weighted by Gasteiger charge is -2.28. The number of nitrogens with zero attached hydrogens (tertiary/aromatic N) is 2. The summed E-state index contributed by atoms with van der Waals surface area (Å²) >= 11 is 0. The molecular formula is C11H17N3OS. The van der Waals surface area contributed by atoms with E-state index >= 15 is 0 Å². The number of nitrogens with two attached hydrogens (primary N) is 1. The summed E-state index contributed by atoms with van der Waals surface area (Å²) in [5.74, 6) is 2.52. The maximum Gasteiger partial charge on any atom is 0.131 e. The second-order valence-electron chi connectivity index (χ2n) is 3.86. The van der Waals surface area contributed by atoms with Gasteiger partial charge in [0.25, 0.3) is 0 Å². The van der Waals surface area contributed by atoms with Crippen molar-refractivity contribution in [1.82, 2.24) is 4.98 Å². The molecule has 1 saturated heterocycles. The van der Waals surface area contributed by atoms with Crippen LogP contribution < -0.4 is 10.6 Å². The Morgan fingerprint density at radius 2 is 2.19 bits per heavy atom. The molecule has 0 atom stereocenters. The summed E-state index contributed by atoms with van der Waals surface area (Å²) in [6, 6.07) is 4.01. The molecule has 1 aliphatic heterocycles. The van der Waals surface area contributed by atoms with E-state index in [4.69, 9.17) is 5.73 Å². The molecule has 88 valence electrons. The average Bonchev–Trinajstić information content (AvgIpc) is 2.32. The van der Waals surface area contributed by atoms with Crippen LogP contribution in [-0.4, -0.2) is 40.3 Å². The SMILES string of the molecule is NCCc1cccnc1N1CCS(=O)CC1. The van der Waals surface area contributed by atoms with E-state index < -0.39 is 10.8 Å². The van der Waals surface area contributed by atoms with Crippen molar-refractivity contribution in [2.24, 2.45) is 5.73 Å². The molecule has 16 heavy (non-hydrogen) atoms. The fraction of sp³-hybridized carbons (Fsp3) is 0.545. The van der Waals surface area contributed by atoms with Crippen molar-refractivity contribution in [3.8, 4) is 0 Å². The lowest BCUT2D eigenvalue weighted by molar-refractivity contribution is 0.672. The van der Waals surface area contributed by atoms with Gasteiger partial charge in [-0.15, -0.1) is 0 Å². The van der Waals surface area contributed by atoms with E-state index in [2.05, 4.69) is 16.0 Å². The molecule has 0 unspecified atom stereocenters. The number of hydrogen-bond acceptors (Lipinski definition) is 4. The molecule has 1 aromatic heterocycles. The molecule has 0 aromatic carbocycles. The normalized spacial score (nSPS) is 17.7. The van der Waals surface area contributed by atoms with Crippen molar-refractivity contribution in [1.29, 1.82) is 0 Å². The number of hydrogen-bond donors (Lipinski definition) is 1. The van der Waals surface area contributed by atoms with Gasteiger partial charge in [-0.05, 0) is 24.6 Å². The van der Waals surface area contributed by atoms with Crippen LogP contribution in [0.15, 0.2) is 18.3 Å². The van der Waals surface area contributed by atoms with Gasteiger partial charge in [-0.2, -0.15) is 0 Å². The topological polar surface area (TPSA) is 59.2 Å². The molecule has 0 radical (unpaired) electrons. The lowest BCUT2D eigenvalue weighted by atomic mass is 10.2. The van der Waals surface area contributed by atoms with E-state index in [1.807, 2.05) is 6.07 Å². The van der Waals surface area contributed by atoms with Crippen molar-refractivity contribution < 1.29 is 4.21 Å². The number of pyridine rings is 1. The van der Waals surface area contributed by atoms with Gasteiger partial charge in [-0.1, -0.05) is 6.07 Å². The Labute approximate surface area is 98.3 Å². The lowest BCUT2D eigenvalue weighted by Crippen LogP contribution is -2.38. The number of aromatic nitrogens is 1. The highest BCUT2D eigenvalue weighted by Crippen LogP contribution is 2.18. The summed E-state index contributed by atoms with van der Waals surface area (Å²) in [6.45, 7) is 2.31. The maximum atomic E-state index is 11.3. The molecule has 5 heteroatoms. The fourth-order valence-electron chi connectivity index (χ4n) is 1.92. The largest absolute Gasteiger partial charge is 0.355 e. The summed E-state index contributed by atoms with van der Waals surface area (Å²) < 4.78 is 11.3. The predicted molar refractivity (Wildman–Crippen MR) is 67.1 cm³/mol. The Morgan fingerprint density at radius 1 is 1.44 bits per heavy atom. The van der Waals surface area contributed by atoms with Gasteiger partial charge < -0.3 is 10.6 Å². The van der Waals surface area contributed by atoms with Crippen LogP contribution in [0.1, 0.15) is 5.56 Å². The molecule has 2 N–H and O–H groups in total. The molecule has 0 amide bonds. The molecule has 0 bridgehead atoms. The third-order valence-corrected chi connectivity index (χ3v) is 4.03. The zero-order valence-corrected chi connectivity index (χ0v) is 10.1. The molecule has 0 aliphatic carbocycles. The van der Waals surface area contributed by atoms with Crippen LogP contribution >= 0.6 is 0 Å². The maximum absolute atomic E-state index is 11.3. The van der Waals surface area contributed by atoms with Gasteiger partial charge in [0.2, 0.25) is 0 Å². The van der Waals surface area contributed by atoms with Gasteiger partial charge in [0.15, 0.2) is 0 Å². The first-order valence-corrected chi connectivity index (χ1v) is 7.04. The highest BCUT2D eigenvalue weighted by Gasteiger charge is 2.18. The molecular weight excluding hydrogens is 222 g/mol. The van der Waals surface area contributed by atoms with Crippen LogP contribution in [0.2, 0.25) is 0 Å². The zero-order valence-electron chi connectivity index (χ0n) is 9.26. The average molecular weight is 239 g/mol. The minimum absolute atomic E-state index is 0.637. The Kier molecular flexibility index (Phi) is 3.90. The van der Waals surface area contributed by atoms with Gasteiger partial charge in [-0.3, -0.25) is 4.21 Å². The summed E-state index contributed by atoms with van der Waals surface area (Å²) in [5.41, 5.74) is 6.78. The Balaban J connectivity index is 2.16. The highest BCUT2D eigenvalue weighted by molar-refractivity contribution is 7.85. The second kappa shape index (κ2) is 5.41. The Hall–Kier alpha value is -0.940. The quantitative estimate of drug-likeness (QED) is 0.816. The molecule has 2 rings (SSSR count). The molecule has 0 spiro atoms. The van der Waals surface area contributed by atoms with Gasteiger partial charge in [0.05, 0.1) is 0 Å². The number of rotatable bonds is 3. The van der Waals surface area contributed by atoms with Gasteiger partial charge in [0.1, 0.15) is 5.82 Å². The third-order valence-electron chi connectivity index (χ3n) is 2.76. The number of anilines is 1. The molecule has 2 heterocycles. The highest BCUT2D eigenvalue weighted by atomic mass is 32.2. The second-order valence-corrected chi connectivity index (χ2v) is 5.56. The predicted octanol–water partition coefficient (Wildman–Crippen LogP) is 0.151. The summed E-state index contributed by atoms with van der Waals surface area (Å²) in [6.07, 6.45) is 2.66. The minimum atomic E-state index is -0.639. The smallest absolute Gasteiger partial charge is 0.131 e. The third kappa shape index (κ3) is 2.59. The van der Waals surface area contributed by atoms with E-state index in [0.717, 1.165) is 36.8 Å². The molecule has 1 aliphatic rings. The van der Waals surface area contributed by atoms with E-state index in [1.165, 1.54) is 5.56 Å². The van der Waals surface area contributed by atoms with Crippen LogP contribution in [0.5, 0.6) is 0 Å². The summed E-state index contributed by atoms with van der Waals surface area (Å²) in [7, 11) is -0.639. The van der Waals surface area contributed by atoms with E-state index in [0.29, 0.717) is 6.54 Å². The zero-order chi connectivity index (χ0) is 11.4. The van der Waals surface area contributed by atoms with Crippen LogP contribution in [0.4, 0.5) is 5.82 Å². The molecule has 1 aromatic rings. The Morgan fingerprint density at radius 3 is 2.88 bits per heavy atom. The fourth-order valence-corrected chi connectivity index (χ4v) is 2.97. The van der Waals surface area contributed by atoms with Gasteiger partial charge in [-0.25, -0.2) is 4.98 Å². The first kappa shape index (κ1) is 11.5. The van der Waals surface area contributed by atoms with Gasteiger partial charge >= 0.3 is 0 Å². The first-order valence-electron chi connectivity index (χ1n) is 5.55. The van der Waals surface area contributed by atoms with Crippen molar-refractivity contribution in [3.05, 3.63) is 23.9 Å². The van der Waals surface area contributed by atoms with Crippen LogP contribution in [0.3, 0.4) is 0 Å². The van der Waals surface area contributed by atoms with Gasteiger partial charge in [0, 0.05) is 41.6 Å². The minimum Gasteiger partial charge on any atom is -0.355 e. The molecule has 1 fully saturated rings. The van der Waals surface area contributed by atoms with E-state index in [9.17, 15) is 4.21 Å². The van der Waals surface area contributed by atoms with Crippen LogP contribution in [0, 0.1) is 0 Å². The van der Waals surface area contributed by atoms with E-state index in [-0.39, 0.29) is 0 Å². The van der Waals surface area contributed by atoms with Crippen molar-refractivity contribution in [3.63, 3.8) is 0 Å². The van der Waals surface area contributed by atoms with E-state index in [1.54, 1.807) is 6.20 Å². The summed E-state index contributed by atoms with van der Waals surface area (Å²) in [4.78, 5) is 6.63. The summed E-state index contributed by atoms with van der Waals surface area (Å²) in [5, 5.41) is 0. The van der Waals surface area contributed by atoms with Crippen molar-refractivity contribution in [2.75, 3.05) is 36.0 Å². The van der Waals surface area contributed by atoms with Crippen LogP contribution in [0.25, 0.3) is 0 Å². The Bertz CT molecular complexity index is 373. The van der Waals surface area contributed by atoms with Crippen LogP contribution in [-0.2, 0) is 17.2 Å². The standard InChI is InChI=1S/C11H17N3OS/c12-4-3-10-2-1-5-13-11(10)14-6-8-16(15)9-7-14/h1-2,5H,3-4,6-9,12H2.